The number of nitrogens with one attached hydrogen (secondary N) is 2. The third-order valence-electron chi connectivity index (χ3n) is 5.61. The predicted octanol–water partition coefficient (Wildman–Crippen LogP) is 5.79. The Labute approximate surface area is 212 Å². The van der Waals surface area contributed by atoms with E-state index in [-0.39, 0.29) is 18.9 Å². The largest absolute Gasteiger partial charge is 0.483 e. The molecule has 3 aromatic carbocycles. The van der Waals surface area contributed by atoms with Gasteiger partial charge in [0.1, 0.15) is 5.75 Å². The van der Waals surface area contributed by atoms with Crippen molar-refractivity contribution in [1.82, 2.24) is 9.99 Å². The van der Waals surface area contributed by atoms with E-state index < -0.39 is 5.91 Å². The number of benzene rings is 3. The van der Waals surface area contributed by atoms with Gasteiger partial charge in [-0.25, -0.2) is 5.43 Å². The zero-order chi connectivity index (χ0) is 24.9. The summed E-state index contributed by atoms with van der Waals surface area (Å²) in [5, 5.41) is 9.20. The lowest BCUT2D eigenvalue weighted by molar-refractivity contribution is -0.123. The molecule has 8 heteroatoms. The van der Waals surface area contributed by atoms with Gasteiger partial charge in [-0.3, -0.25) is 9.59 Å². The molecule has 0 radical (unpaired) electrons. The van der Waals surface area contributed by atoms with Gasteiger partial charge in [0.15, 0.2) is 6.61 Å². The van der Waals surface area contributed by atoms with Crippen LogP contribution in [0, 0.1) is 6.92 Å². The number of hydrazone groups is 1. The number of amides is 2. The minimum absolute atomic E-state index is 0.0550. The van der Waals surface area contributed by atoms with Gasteiger partial charge in [0.05, 0.1) is 10.9 Å². The molecule has 1 heterocycles. The minimum atomic E-state index is -0.407. The number of hydrogen-bond acceptors (Lipinski definition) is 4. The Morgan fingerprint density at radius 2 is 1.77 bits per heavy atom. The number of aromatic nitrogens is 1. The second kappa shape index (κ2) is 10.7. The van der Waals surface area contributed by atoms with Crippen molar-refractivity contribution in [3.8, 4) is 5.75 Å². The summed E-state index contributed by atoms with van der Waals surface area (Å²) in [6, 6.07) is 19.8. The van der Waals surface area contributed by atoms with Crippen LogP contribution in [0.3, 0.4) is 0 Å². The Bertz CT molecular complexity index is 1440. The molecule has 0 spiro atoms. The van der Waals surface area contributed by atoms with Gasteiger partial charge >= 0.3 is 0 Å². The number of para-hydroxylation sites is 1. The smallest absolute Gasteiger partial charge is 0.277 e. The van der Waals surface area contributed by atoms with Crippen molar-refractivity contribution >= 4 is 60.9 Å². The fourth-order valence-electron chi connectivity index (χ4n) is 4.01. The number of aryl methyl sites for hydroxylation is 2. The maximum Gasteiger partial charge on any atom is 0.277 e. The van der Waals surface area contributed by atoms with Gasteiger partial charge in [0.2, 0.25) is 5.91 Å². The fourth-order valence-corrected chi connectivity index (χ4v) is 4.61. The number of ether oxygens (including phenoxy) is 1. The van der Waals surface area contributed by atoms with E-state index in [0.717, 1.165) is 38.6 Å². The minimum Gasteiger partial charge on any atom is -0.483 e. The summed E-state index contributed by atoms with van der Waals surface area (Å²) in [6.07, 6.45) is 0.0550. The van der Waals surface area contributed by atoms with Gasteiger partial charge in [0, 0.05) is 39.7 Å². The van der Waals surface area contributed by atoms with Crippen LogP contribution in [-0.4, -0.2) is 28.7 Å². The molecular formula is C27H27BrN4O3. The standard InChI is InChI=1S/C27H27BrN4O3/c1-4-32-23-8-6-5-7-20(23)21-15-19(10-11-24(21)32)29-26(33)14-18(3)30-31-27(34)16-35-25-12-9-17(2)13-22(25)28/h5-13,15H,4,14,16H2,1-3H3,(H,29,33)(H,31,34)/b30-18-. The molecule has 35 heavy (non-hydrogen) atoms. The average Bonchev–Trinajstić information content (AvgIpc) is 3.15. The first-order valence-corrected chi connectivity index (χ1v) is 12.2. The van der Waals surface area contributed by atoms with Crippen LogP contribution in [0.1, 0.15) is 25.8 Å². The topological polar surface area (TPSA) is 84.7 Å². The van der Waals surface area contributed by atoms with Gasteiger partial charge in [-0.1, -0.05) is 24.3 Å². The molecule has 0 atom stereocenters. The van der Waals surface area contributed by atoms with Crippen molar-refractivity contribution < 1.29 is 14.3 Å². The molecule has 0 fully saturated rings. The number of nitrogens with zero attached hydrogens (tertiary/aromatic N) is 2. The number of hydrogen-bond donors (Lipinski definition) is 2. The van der Waals surface area contributed by atoms with Crippen LogP contribution >= 0.6 is 15.9 Å². The molecule has 0 saturated heterocycles. The van der Waals surface area contributed by atoms with Gasteiger partial charge in [-0.15, -0.1) is 0 Å². The molecule has 2 N–H and O–H groups in total. The lowest BCUT2D eigenvalue weighted by Gasteiger charge is -2.08. The van der Waals surface area contributed by atoms with Gasteiger partial charge in [-0.05, 0) is 78.7 Å². The number of fused-ring (bicyclic) bond motifs is 3. The van der Waals surface area contributed by atoms with Crippen LogP contribution in [0.2, 0.25) is 0 Å². The number of anilines is 1. The third-order valence-corrected chi connectivity index (χ3v) is 6.23. The fraction of sp³-hybridized carbons (Fsp3) is 0.222. The van der Waals surface area contributed by atoms with Crippen LogP contribution in [0.4, 0.5) is 5.69 Å². The highest BCUT2D eigenvalue weighted by molar-refractivity contribution is 9.10. The summed E-state index contributed by atoms with van der Waals surface area (Å²) < 4.78 is 8.55. The van der Waals surface area contributed by atoms with Crippen molar-refractivity contribution in [3.05, 3.63) is 70.7 Å². The second-order valence-electron chi connectivity index (χ2n) is 8.32. The molecule has 2 amide bonds. The van der Waals surface area contributed by atoms with Crippen LogP contribution in [0.5, 0.6) is 5.75 Å². The summed E-state index contributed by atoms with van der Waals surface area (Å²) in [5.41, 5.74) is 7.02. The Hall–Kier alpha value is -3.65. The monoisotopic (exact) mass is 534 g/mol. The SMILES string of the molecule is CCn1c2ccccc2c2cc(NC(=O)C/C(C)=N\NC(=O)COc3ccc(C)cc3Br)ccc21. The van der Waals surface area contributed by atoms with Gasteiger partial charge in [-0.2, -0.15) is 5.10 Å². The summed E-state index contributed by atoms with van der Waals surface area (Å²) >= 11 is 3.41. The van der Waals surface area contributed by atoms with Crippen LogP contribution in [-0.2, 0) is 16.1 Å². The maximum absolute atomic E-state index is 12.6. The molecule has 4 aromatic rings. The molecule has 0 aliphatic heterocycles. The van der Waals surface area contributed by atoms with Crippen molar-refractivity contribution in [2.45, 2.75) is 33.7 Å². The van der Waals surface area contributed by atoms with E-state index in [0.29, 0.717) is 11.5 Å². The summed E-state index contributed by atoms with van der Waals surface area (Å²) in [5.74, 6) is -0.0428. The average molecular weight is 535 g/mol. The lowest BCUT2D eigenvalue weighted by Crippen LogP contribution is -2.26. The Morgan fingerprint density at radius 3 is 2.54 bits per heavy atom. The third kappa shape index (κ3) is 5.71. The number of halogens is 1. The quantitative estimate of drug-likeness (QED) is 0.222. The number of carbonyl (C=O) groups excluding carboxylic acids is 2. The first-order valence-electron chi connectivity index (χ1n) is 11.4. The van der Waals surface area contributed by atoms with Gasteiger partial charge < -0.3 is 14.6 Å². The van der Waals surface area contributed by atoms with E-state index >= 15 is 0 Å². The predicted molar refractivity (Wildman–Crippen MR) is 144 cm³/mol. The van der Waals surface area contributed by atoms with E-state index in [2.05, 4.69) is 55.4 Å². The van der Waals surface area contributed by atoms with Crippen molar-refractivity contribution in [2.24, 2.45) is 5.10 Å². The highest BCUT2D eigenvalue weighted by atomic mass is 79.9. The molecular weight excluding hydrogens is 508 g/mol. The van der Waals surface area contributed by atoms with Gasteiger partial charge in [0.25, 0.3) is 5.91 Å². The zero-order valence-corrected chi connectivity index (χ0v) is 21.5. The molecule has 0 aliphatic carbocycles. The first kappa shape index (κ1) is 24.5. The molecule has 0 unspecified atom stereocenters. The van der Waals surface area contributed by atoms with E-state index in [1.807, 2.05) is 49.4 Å². The highest BCUT2D eigenvalue weighted by Crippen LogP contribution is 2.31. The van der Waals surface area contributed by atoms with Crippen molar-refractivity contribution in [3.63, 3.8) is 0 Å². The summed E-state index contributed by atoms with van der Waals surface area (Å²) in [4.78, 5) is 24.6. The zero-order valence-electron chi connectivity index (χ0n) is 19.9. The van der Waals surface area contributed by atoms with E-state index in [4.69, 9.17) is 4.74 Å². The second-order valence-corrected chi connectivity index (χ2v) is 9.18. The van der Waals surface area contributed by atoms with E-state index in [9.17, 15) is 9.59 Å². The van der Waals surface area contributed by atoms with Crippen LogP contribution < -0.4 is 15.5 Å². The van der Waals surface area contributed by atoms with E-state index in [1.165, 1.54) is 5.52 Å². The molecule has 180 valence electrons. The number of carbonyl (C=O) groups is 2. The number of rotatable bonds is 8. The first-order chi connectivity index (χ1) is 16.9. The lowest BCUT2D eigenvalue weighted by atomic mass is 10.1. The van der Waals surface area contributed by atoms with Crippen LogP contribution in [0.25, 0.3) is 21.8 Å². The normalized spacial score (nSPS) is 11.6. The molecule has 0 aliphatic rings. The highest BCUT2D eigenvalue weighted by Gasteiger charge is 2.12. The maximum atomic E-state index is 12.6. The molecule has 4 rings (SSSR count). The van der Waals surface area contributed by atoms with Crippen LogP contribution in [0.15, 0.2) is 70.2 Å². The molecule has 7 nitrogen and oxygen atoms in total. The molecule has 0 bridgehead atoms. The van der Waals surface area contributed by atoms with Crippen molar-refractivity contribution in [2.75, 3.05) is 11.9 Å². The van der Waals surface area contributed by atoms with Crippen molar-refractivity contribution in [1.29, 1.82) is 0 Å². The van der Waals surface area contributed by atoms with E-state index in [1.54, 1.807) is 13.0 Å². The summed E-state index contributed by atoms with van der Waals surface area (Å²) in [7, 11) is 0. The molecule has 0 saturated carbocycles. The summed E-state index contributed by atoms with van der Waals surface area (Å²) in [6.45, 7) is 6.46. The Balaban J connectivity index is 1.34. The Morgan fingerprint density at radius 1 is 1.00 bits per heavy atom. The Kier molecular flexibility index (Phi) is 7.51. The molecule has 1 aromatic heterocycles.